The van der Waals surface area contributed by atoms with Gasteiger partial charge >= 0.3 is 140 Å². The number of pyridine rings is 1. The molecule has 0 amide bonds. The van der Waals surface area contributed by atoms with E-state index in [1.807, 2.05) is 0 Å². The van der Waals surface area contributed by atoms with Crippen molar-refractivity contribution in [1.82, 2.24) is 4.98 Å². The number of hydrogen-bond donors (Lipinski definition) is 0. The maximum absolute atomic E-state index is 13.0. The van der Waals surface area contributed by atoms with Gasteiger partial charge in [-0.3, -0.25) is 0 Å². The van der Waals surface area contributed by atoms with Crippen LogP contribution in [0, 0.1) is 5.82 Å². The monoisotopic (exact) mass is 413 g/mol. The predicted molar refractivity (Wildman–Crippen MR) is 98.1 cm³/mol. The van der Waals surface area contributed by atoms with Crippen molar-refractivity contribution < 1.29 is 4.39 Å². The Bertz CT molecular complexity index is 406. The summed E-state index contributed by atoms with van der Waals surface area (Å²) >= 11 is -2.22. The number of nitrogens with zero attached hydrogens (tertiary/aromatic N) is 1. The third-order valence-corrected chi connectivity index (χ3v) is 18.5. The molecule has 1 aromatic rings. The molecule has 0 N–H and O–H groups in total. The minimum atomic E-state index is -2.22. The minimum absolute atomic E-state index is 0.255. The van der Waals surface area contributed by atoms with E-state index in [-0.39, 0.29) is 5.82 Å². The molecule has 0 saturated carbocycles. The Labute approximate surface area is 140 Å². The van der Waals surface area contributed by atoms with E-state index in [1.54, 1.807) is 6.07 Å². The van der Waals surface area contributed by atoms with Crippen molar-refractivity contribution in [3.8, 4) is 0 Å². The molecule has 0 bridgehead atoms. The van der Waals surface area contributed by atoms with E-state index in [1.165, 1.54) is 64.1 Å². The fourth-order valence-corrected chi connectivity index (χ4v) is 17.1. The van der Waals surface area contributed by atoms with Gasteiger partial charge in [0.25, 0.3) is 0 Å². The molecule has 0 radical (unpaired) electrons. The molecule has 1 rings (SSSR count). The Kier molecular flexibility index (Phi) is 10.0. The molecular weight excluding hydrogens is 380 g/mol. The third-order valence-electron chi connectivity index (χ3n) is 4.44. The van der Waals surface area contributed by atoms with Crippen LogP contribution in [0.4, 0.5) is 4.39 Å². The summed E-state index contributed by atoms with van der Waals surface area (Å²) in [5, 5.41) is 0. The van der Waals surface area contributed by atoms with Crippen LogP contribution in [0.3, 0.4) is 0 Å². The van der Waals surface area contributed by atoms with Gasteiger partial charge in [-0.25, -0.2) is 0 Å². The first-order valence-corrected chi connectivity index (χ1v) is 16.7. The summed E-state index contributed by atoms with van der Waals surface area (Å²) in [6.45, 7) is 6.88. The molecule has 0 atom stereocenters. The zero-order valence-corrected chi connectivity index (χ0v) is 17.4. The second kappa shape index (κ2) is 11.2. The number of rotatable bonds is 11. The van der Waals surface area contributed by atoms with Crippen molar-refractivity contribution in [2.75, 3.05) is 0 Å². The van der Waals surface area contributed by atoms with Gasteiger partial charge in [0.05, 0.1) is 0 Å². The first-order valence-electron chi connectivity index (χ1n) is 8.96. The molecule has 0 aliphatic rings. The van der Waals surface area contributed by atoms with Crippen LogP contribution < -0.4 is 0 Å². The van der Waals surface area contributed by atoms with Gasteiger partial charge in [0.1, 0.15) is 0 Å². The van der Waals surface area contributed by atoms with Crippen molar-refractivity contribution in [1.29, 1.82) is 0 Å². The zero-order chi connectivity index (χ0) is 16.3. The molecule has 3 heteroatoms. The Morgan fingerprint density at radius 3 is 1.91 bits per heavy atom. The van der Waals surface area contributed by atoms with E-state index < -0.39 is 18.4 Å². The summed E-state index contributed by atoms with van der Waals surface area (Å²) < 4.78 is 19.9. The molecule has 0 spiro atoms. The summed E-state index contributed by atoms with van der Waals surface area (Å²) in [7, 11) is 0. The van der Waals surface area contributed by atoms with Gasteiger partial charge in [0.15, 0.2) is 0 Å². The average Bonchev–Trinajstić information content (AvgIpc) is 2.55. The summed E-state index contributed by atoms with van der Waals surface area (Å²) in [4.78, 5) is 4.19. The van der Waals surface area contributed by atoms with Crippen molar-refractivity contribution >= 4 is 24.5 Å². The second-order valence-electron chi connectivity index (χ2n) is 6.41. The Morgan fingerprint density at radius 2 is 1.50 bits per heavy atom. The standard InChI is InChI=1S/C7H5FN.3C4H9.Sn/c1-2-7-4-3-6(8)5-9-7;3*1-3-4-2;/h1-5H;3*1,3-4H2,2H3;. The van der Waals surface area contributed by atoms with Crippen molar-refractivity contribution in [2.24, 2.45) is 0 Å². The van der Waals surface area contributed by atoms with Crippen molar-refractivity contribution in [3.63, 3.8) is 0 Å². The van der Waals surface area contributed by atoms with E-state index in [2.05, 4.69) is 35.9 Å². The van der Waals surface area contributed by atoms with Gasteiger partial charge in [-0.15, -0.1) is 0 Å². The van der Waals surface area contributed by atoms with Crippen molar-refractivity contribution in [2.45, 2.75) is 72.6 Å². The number of unbranched alkanes of at least 4 members (excludes halogenated alkanes) is 3. The van der Waals surface area contributed by atoms with Gasteiger partial charge in [-0.1, -0.05) is 0 Å². The van der Waals surface area contributed by atoms with Crippen molar-refractivity contribution in [3.05, 3.63) is 33.9 Å². The summed E-state index contributed by atoms with van der Waals surface area (Å²) in [6, 6.07) is 3.30. The number of halogens is 1. The van der Waals surface area contributed by atoms with E-state index >= 15 is 0 Å². The summed E-state index contributed by atoms with van der Waals surface area (Å²) in [5.41, 5.74) is 0.909. The molecule has 0 unspecified atom stereocenters. The average molecular weight is 412 g/mol. The van der Waals surface area contributed by atoms with Crippen LogP contribution in [-0.2, 0) is 0 Å². The fourth-order valence-electron chi connectivity index (χ4n) is 2.96. The summed E-state index contributed by atoms with van der Waals surface area (Å²) in [5.74, 6) is -0.255. The summed E-state index contributed by atoms with van der Waals surface area (Å²) in [6.07, 6.45) is 11.5. The topological polar surface area (TPSA) is 12.9 Å². The molecular formula is C19H32FNSn. The molecule has 22 heavy (non-hydrogen) atoms. The van der Waals surface area contributed by atoms with Gasteiger partial charge in [0, 0.05) is 0 Å². The quantitative estimate of drug-likeness (QED) is 0.372. The molecule has 1 nitrogen and oxygen atoms in total. The molecule has 0 aliphatic carbocycles. The molecule has 1 aromatic heterocycles. The predicted octanol–water partition coefficient (Wildman–Crippen LogP) is 6.62. The molecule has 0 aliphatic heterocycles. The van der Waals surface area contributed by atoms with Crippen LogP contribution in [0.2, 0.25) is 13.3 Å². The zero-order valence-electron chi connectivity index (χ0n) is 14.6. The third kappa shape index (κ3) is 7.25. The van der Waals surface area contributed by atoms with Crippen LogP contribution in [0.1, 0.15) is 65.0 Å². The van der Waals surface area contributed by atoms with E-state index in [0.29, 0.717) is 0 Å². The maximum atomic E-state index is 13.0. The Morgan fingerprint density at radius 1 is 0.955 bits per heavy atom. The molecule has 1 heterocycles. The van der Waals surface area contributed by atoms with Gasteiger partial charge < -0.3 is 0 Å². The molecule has 0 saturated heterocycles. The van der Waals surface area contributed by atoms with E-state index in [9.17, 15) is 4.39 Å². The second-order valence-corrected chi connectivity index (χ2v) is 19.4. The van der Waals surface area contributed by atoms with Gasteiger partial charge in [0.2, 0.25) is 0 Å². The number of aromatic nitrogens is 1. The normalized spacial score (nSPS) is 12.2. The van der Waals surface area contributed by atoms with E-state index in [4.69, 9.17) is 0 Å². The van der Waals surface area contributed by atoms with Gasteiger partial charge in [-0.2, -0.15) is 0 Å². The van der Waals surface area contributed by atoms with E-state index in [0.717, 1.165) is 5.69 Å². The van der Waals surface area contributed by atoms with Crippen LogP contribution in [0.5, 0.6) is 0 Å². The Hall–Kier alpha value is -0.381. The first kappa shape index (κ1) is 19.7. The van der Waals surface area contributed by atoms with Crippen LogP contribution in [-0.4, -0.2) is 23.4 Å². The van der Waals surface area contributed by atoms with Crippen LogP contribution >= 0.6 is 0 Å². The molecule has 0 aromatic carbocycles. The van der Waals surface area contributed by atoms with Crippen LogP contribution in [0.15, 0.2) is 22.4 Å². The fraction of sp³-hybridized carbons (Fsp3) is 0.632. The first-order chi connectivity index (χ1) is 10.7. The van der Waals surface area contributed by atoms with Crippen LogP contribution in [0.25, 0.3) is 6.08 Å². The SMILES string of the molecule is CCC[CH2][Sn](/[CH]=C/c1ccc(F)cn1)([CH2]CCC)[CH2]CCC. The number of hydrogen-bond acceptors (Lipinski definition) is 1. The molecule has 124 valence electrons. The Balaban J connectivity index is 2.90. The molecule has 0 fully saturated rings. The van der Waals surface area contributed by atoms with Gasteiger partial charge in [-0.05, 0) is 0 Å².